The Labute approximate surface area is 162 Å². The summed E-state index contributed by atoms with van der Waals surface area (Å²) in [5, 5.41) is 13.6. The van der Waals surface area contributed by atoms with Gasteiger partial charge in [-0.2, -0.15) is 0 Å². The number of carbonyl (C=O) groups is 1. The lowest BCUT2D eigenvalue weighted by Gasteiger charge is -2.09. The molecule has 0 heterocycles. The highest BCUT2D eigenvalue weighted by Gasteiger charge is 2.19. The largest absolute Gasteiger partial charge is 0.491 e. The molecule has 0 spiro atoms. The number of amides is 1. The molecule has 0 fully saturated rings. The molecule has 2 rings (SSSR count). The van der Waals surface area contributed by atoms with E-state index in [0.29, 0.717) is 19.0 Å². The van der Waals surface area contributed by atoms with Gasteiger partial charge in [0.15, 0.2) is 9.84 Å². The van der Waals surface area contributed by atoms with Crippen molar-refractivity contribution in [3.05, 3.63) is 63.7 Å². The Morgan fingerprint density at radius 2 is 1.82 bits per heavy atom. The number of methoxy groups -OCH3 is 1. The van der Waals surface area contributed by atoms with Gasteiger partial charge in [-0.1, -0.05) is 12.1 Å². The number of nitro benzene ring substituents is 1. The topological polar surface area (TPSA) is 125 Å². The Morgan fingerprint density at radius 1 is 1.14 bits per heavy atom. The van der Waals surface area contributed by atoms with Crippen LogP contribution in [0.15, 0.2) is 47.4 Å². The number of rotatable bonds is 9. The maximum absolute atomic E-state index is 12.3. The van der Waals surface area contributed by atoms with Crippen molar-refractivity contribution in [1.82, 2.24) is 5.32 Å². The maximum Gasteiger partial charge on any atom is 0.271 e. The number of hydrogen-bond donors (Lipinski definition) is 1. The van der Waals surface area contributed by atoms with E-state index < -0.39 is 26.4 Å². The molecule has 150 valence electrons. The van der Waals surface area contributed by atoms with Crippen molar-refractivity contribution in [2.75, 3.05) is 26.6 Å². The number of hydrogen-bond acceptors (Lipinski definition) is 7. The first-order chi connectivity index (χ1) is 13.2. The highest BCUT2D eigenvalue weighted by Crippen LogP contribution is 2.21. The third kappa shape index (κ3) is 6.03. The van der Waals surface area contributed by atoms with Crippen molar-refractivity contribution in [3.8, 4) is 5.75 Å². The Balaban J connectivity index is 2.08. The summed E-state index contributed by atoms with van der Waals surface area (Å²) in [5.41, 5.74) is 0.209. The number of nitro groups is 1. The Hall–Kier alpha value is -2.98. The van der Waals surface area contributed by atoms with E-state index in [0.717, 1.165) is 30.0 Å². The van der Waals surface area contributed by atoms with Crippen molar-refractivity contribution in [1.29, 1.82) is 0 Å². The summed E-state index contributed by atoms with van der Waals surface area (Å²) in [6.07, 6.45) is 0.921. The average Bonchev–Trinajstić information content (AvgIpc) is 2.66. The fraction of sp³-hybridized carbons (Fsp3) is 0.278. The summed E-state index contributed by atoms with van der Waals surface area (Å²) in [5.74, 6) is 0.0395. The van der Waals surface area contributed by atoms with Crippen LogP contribution in [0, 0.1) is 10.1 Å². The van der Waals surface area contributed by atoms with Gasteiger partial charge in [-0.3, -0.25) is 14.9 Å². The van der Waals surface area contributed by atoms with Crippen LogP contribution < -0.4 is 10.1 Å². The van der Waals surface area contributed by atoms with E-state index in [1.807, 2.05) is 0 Å². The van der Waals surface area contributed by atoms with Crippen molar-refractivity contribution in [3.63, 3.8) is 0 Å². The number of nitrogens with one attached hydrogen (secondary N) is 1. The summed E-state index contributed by atoms with van der Waals surface area (Å²) >= 11 is 0. The second-order valence-electron chi connectivity index (χ2n) is 5.91. The van der Waals surface area contributed by atoms with E-state index in [-0.39, 0.29) is 17.0 Å². The van der Waals surface area contributed by atoms with Crippen LogP contribution in [0.2, 0.25) is 0 Å². The van der Waals surface area contributed by atoms with Crippen molar-refractivity contribution < 1.29 is 27.6 Å². The summed E-state index contributed by atoms with van der Waals surface area (Å²) in [4.78, 5) is 22.3. The van der Waals surface area contributed by atoms with E-state index in [1.165, 1.54) is 0 Å². The summed E-state index contributed by atoms with van der Waals surface area (Å²) in [6.45, 7) is 1.05. The monoisotopic (exact) mass is 408 g/mol. The standard InChI is InChI=1S/C18H20N2O7S/c1-26-7-8-27-16-5-3-13(4-6-16)12-19-18(21)14-9-15(20(22)23)11-17(10-14)28(2,24)25/h3-6,9-11H,7-8,12H2,1-2H3,(H,19,21). The van der Waals surface area contributed by atoms with Crippen molar-refractivity contribution in [2.45, 2.75) is 11.4 Å². The number of carbonyl (C=O) groups excluding carboxylic acids is 1. The molecule has 0 aromatic heterocycles. The van der Waals surface area contributed by atoms with Crippen molar-refractivity contribution >= 4 is 21.4 Å². The molecule has 9 nitrogen and oxygen atoms in total. The van der Waals surface area contributed by atoms with Gasteiger partial charge in [-0.05, 0) is 23.8 Å². The number of non-ortho nitro benzene ring substituents is 1. The summed E-state index contributed by atoms with van der Waals surface area (Å²) < 4.78 is 33.8. The Kier molecular flexibility index (Phi) is 7.07. The van der Waals surface area contributed by atoms with Crippen LogP contribution in [-0.2, 0) is 21.1 Å². The number of benzene rings is 2. The molecule has 0 saturated heterocycles. The van der Waals surface area contributed by atoms with Crippen LogP contribution >= 0.6 is 0 Å². The first kappa shape index (κ1) is 21.3. The summed E-state index contributed by atoms with van der Waals surface area (Å²) in [6, 6.07) is 10.1. The van der Waals surface area contributed by atoms with Crippen molar-refractivity contribution in [2.24, 2.45) is 0 Å². The first-order valence-corrected chi connectivity index (χ1v) is 10.1. The molecule has 0 bridgehead atoms. The van der Waals surface area contributed by atoms with Gasteiger partial charge in [-0.25, -0.2) is 8.42 Å². The van der Waals surface area contributed by atoms with Gasteiger partial charge >= 0.3 is 0 Å². The van der Waals surface area contributed by atoms with E-state index in [9.17, 15) is 23.3 Å². The normalized spacial score (nSPS) is 11.1. The molecule has 1 amide bonds. The molecule has 2 aromatic carbocycles. The van der Waals surface area contributed by atoms with E-state index in [4.69, 9.17) is 9.47 Å². The number of ether oxygens (including phenoxy) is 2. The minimum absolute atomic E-state index is 0.103. The lowest BCUT2D eigenvalue weighted by atomic mass is 10.1. The smallest absolute Gasteiger partial charge is 0.271 e. The molecular formula is C18H20N2O7S. The lowest BCUT2D eigenvalue weighted by molar-refractivity contribution is -0.385. The fourth-order valence-electron chi connectivity index (χ4n) is 2.26. The molecule has 2 aromatic rings. The van der Waals surface area contributed by atoms with Gasteiger partial charge in [0, 0.05) is 37.6 Å². The lowest BCUT2D eigenvalue weighted by Crippen LogP contribution is -2.23. The van der Waals surface area contributed by atoms with Gasteiger partial charge in [-0.15, -0.1) is 0 Å². The van der Waals surface area contributed by atoms with E-state index in [1.54, 1.807) is 31.4 Å². The molecular weight excluding hydrogens is 388 g/mol. The molecule has 10 heteroatoms. The second-order valence-corrected chi connectivity index (χ2v) is 7.93. The average molecular weight is 408 g/mol. The molecule has 28 heavy (non-hydrogen) atoms. The Morgan fingerprint density at radius 3 is 2.39 bits per heavy atom. The predicted molar refractivity (Wildman–Crippen MR) is 101 cm³/mol. The third-order valence-corrected chi connectivity index (χ3v) is 4.82. The molecule has 0 aliphatic heterocycles. The zero-order valence-electron chi connectivity index (χ0n) is 15.4. The molecule has 1 N–H and O–H groups in total. The molecule has 0 saturated carbocycles. The van der Waals surface area contributed by atoms with Gasteiger partial charge in [0.25, 0.3) is 11.6 Å². The van der Waals surface area contributed by atoms with Gasteiger partial charge in [0.1, 0.15) is 12.4 Å². The van der Waals surface area contributed by atoms with Crippen LogP contribution in [0.25, 0.3) is 0 Å². The first-order valence-electron chi connectivity index (χ1n) is 8.19. The summed E-state index contributed by atoms with van der Waals surface area (Å²) in [7, 11) is -2.12. The molecule has 0 radical (unpaired) electrons. The van der Waals surface area contributed by atoms with Crippen LogP contribution in [0.5, 0.6) is 5.75 Å². The van der Waals surface area contributed by atoms with E-state index in [2.05, 4.69) is 5.32 Å². The maximum atomic E-state index is 12.3. The zero-order valence-corrected chi connectivity index (χ0v) is 16.2. The minimum Gasteiger partial charge on any atom is -0.491 e. The fourth-order valence-corrected chi connectivity index (χ4v) is 2.94. The highest BCUT2D eigenvalue weighted by molar-refractivity contribution is 7.90. The quantitative estimate of drug-likeness (QED) is 0.382. The number of sulfone groups is 1. The third-order valence-electron chi connectivity index (χ3n) is 3.73. The SMILES string of the molecule is COCCOc1ccc(CNC(=O)c2cc([N+](=O)[O-])cc(S(C)(=O)=O)c2)cc1. The zero-order chi connectivity index (χ0) is 20.7. The molecule has 0 aliphatic carbocycles. The second kappa shape index (κ2) is 9.29. The van der Waals surface area contributed by atoms with E-state index >= 15 is 0 Å². The Bertz CT molecular complexity index is 956. The highest BCUT2D eigenvalue weighted by atomic mass is 32.2. The van der Waals surface area contributed by atoms with Crippen LogP contribution in [0.1, 0.15) is 15.9 Å². The van der Waals surface area contributed by atoms with Crippen LogP contribution in [0.4, 0.5) is 5.69 Å². The van der Waals surface area contributed by atoms with Gasteiger partial charge in [0.05, 0.1) is 16.4 Å². The van der Waals surface area contributed by atoms with Crippen LogP contribution in [0.3, 0.4) is 0 Å². The van der Waals surface area contributed by atoms with Gasteiger partial charge in [0.2, 0.25) is 0 Å². The minimum atomic E-state index is -3.70. The number of nitrogens with zero attached hydrogens (tertiary/aromatic N) is 1. The van der Waals surface area contributed by atoms with Gasteiger partial charge < -0.3 is 14.8 Å². The molecule has 0 unspecified atom stereocenters. The predicted octanol–water partition coefficient (Wildman–Crippen LogP) is 1.95. The molecule has 0 aliphatic rings. The molecule has 0 atom stereocenters. The van der Waals surface area contributed by atoms with Crippen LogP contribution in [-0.4, -0.2) is 45.8 Å².